The van der Waals surface area contributed by atoms with E-state index in [1.165, 1.54) is 24.1 Å². The molecule has 2 aromatic rings. The Balaban J connectivity index is 1.46. The van der Waals surface area contributed by atoms with Gasteiger partial charge in [-0.2, -0.15) is 5.10 Å². The van der Waals surface area contributed by atoms with Gasteiger partial charge in [0.15, 0.2) is 0 Å². The van der Waals surface area contributed by atoms with E-state index in [2.05, 4.69) is 23.3 Å². The molecule has 0 aliphatic heterocycles. The lowest BCUT2D eigenvalue weighted by Gasteiger charge is -2.07. The minimum absolute atomic E-state index is 0.641. The lowest BCUT2D eigenvalue weighted by molar-refractivity contribution is 0.291. The molecular formula is C16H21N3O. The Hall–Kier alpha value is -1.81. The van der Waals surface area contributed by atoms with Gasteiger partial charge in [0.05, 0.1) is 12.2 Å². The quantitative estimate of drug-likeness (QED) is 0.841. The molecule has 1 aliphatic rings. The van der Waals surface area contributed by atoms with Crippen molar-refractivity contribution in [2.45, 2.75) is 31.7 Å². The molecule has 1 fully saturated rings. The van der Waals surface area contributed by atoms with Gasteiger partial charge < -0.3 is 10.5 Å². The lowest BCUT2D eigenvalue weighted by Crippen LogP contribution is -2.09. The van der Waals surface area contributed by atoms with Crippen LogP contribution in [0.3, 0.4) is 0 Å². The molecule has 0 radical (unpaired) electrons. The summed E-state index contributed by atoms with van der Waals surface area (Å²) in [6, 6.07) is 10.3. The number of ether oxygens (including phenoxy) is 1. The standard InChI is InChI=1S/C16H21N3O/c17-9-7-13-1-5-15(6-2-13)20-12-11-19-10-8-16(18-19)14-3-4-14/h1-2,5-6,8,10,14H,3-4,7,9,11-12,17H2. The number of rotatable bonds is 7. The second-order valence-corrected chi connectivity index (χ2v) is 5.31. The molecule has 0 bridgehead atoms. The predicted molar refractivity (Wildman–Crippen MR) is 78.9 cm³/mol. The largest absolute Gasteiger partial charge is 0.492 e. The molecule has 2 N–H and O–H groups in total. The minimum Gasteiger partial charge on any atom is -0.492 e. The van der Waals surface area contributed by atoms with Gasteiger partial charge in [-0.15, -0.1) is 0 Å². The van der Waals surface area contributed by atoms with Crippen molar-refractivity contribution in [1.29, 1.82) is 0 Å². The van der Waals surface area contributed by atoms with Crippen molar-refractivity contribution >= 4 is 0 Å². The minimum atomic E-state index is 0.641. The van der Waals surface area contributed by atoms with E-state index in [-0.39, 0.29) is 0 Å². The number of nitrogens with two attached hydrogens (primary N) is 1. The maximum atomic E-state index is 5.74. The van der Waals surface area contributed by atoms with Gasteiger partial charge in [-0.05, 0) is 49.6 Å². The molecule has 1 heterocycles. The summed E-state index contributed by atoms with van der Waals surface area (Å²) in [6.07, 6.45) is 5.55. The average molecular weight is 271 g/mol. The highest BCUT2D eigenvalue weighted by atomic mass is 16.5. The summed E-state index contributed by atoms with van der Waals surface area (Å²) in [5.74, 6) is 1.62. The summed E-state index contributed by atoms with van der Waals surface area (Å²) in [5, 5.41) is 4.56. The predicted octanol–water partition coefficient (Wildman–Crippen LogP) is 2.34. The molecule has 4 nitrogen and oxygen atoms in total. The molecular weight excluding hydrogens is 250 g/mol. The first-order valence-corrected chi connectivity index (χ1v) is 7.30. The molecule has 0 spiro atoms. The van der Waals surface area contributed by atoms with Crippen LogP contribution in [0.5, 0.6) is 5.75 Å². The van der Waals surface area contributed by atoms with Crippen LogP contribution in [-0.2, 0) is 13.0 Å². The maximum Gasteiger partial charge on any atom is 0.119 e. The van der Waals surface area contributed by atoms with E-state index < -0.39 is 0 Å². The van der Waals surface area contributed by atoms with Gasteiger partial charge in [0.25, 0.3) is 0 Å². The zero-order chi connectivity index (χ0) is 13.8. The lowest BCUT2D eigenvalue weighted by atomic mass is 10.1. The highest BCUT2D eigenvalue weighted by Crippen LogP contribution is 2.38. The molecule has 3 rings (SSSR count). The Morgan fingerprint density at radius 2 is 2.00 bits per heavy atom. The molecule has 0 amide bonds. The van der Waals surface area contributed by atoms with E-state index >= 15 is 0 Å². The van der Waals surface area contributed by atoms with E-state index in [0.717, 1.165) is 18.7 Å². The van der Waals surface area contributed by atoms with Crippen LogP contribution in [0.2, 0.25) is 0 Å². The average Bonchev–Trinajstić information content (AvgIpc) is 3.21. The molecule has 0 saturated heterocycles. The smallest absolute Gasteiger partial charge is 0.119 e. The Morgan fingerprint density at radius 1 is 1.20 bits per heavy atom. The number of hydrogen-bond acceptors (Lipinski definition) is 3. The third-order valence-corrected chi connectivity index (χ3v) is 3.60. The van der Waals surface area contributed by atoms with Crippen molar-refractivity contribution in [3.63, 3.8) is 0 Å². The van der Waals surface area contributed by atoms with Gasteiger partial charge in [0, 0.05) is 12.1 Å². The van der Waals surface area contributed by atoms with Gasteiger partial charge >= 0.3 is 0 Å². The topological polar surface area (TPSA) is 53.1 Å². The normalized spacial score (nSPS) is 14.4. The Bertz CT molecular complexity index is 543. The number of benzene rings is 1. The van der Waals surface area contributed by atoms with E-state index in [1.807, 2.05) is 23.0 Å². The molecule has 20 heavy (non-hydrogen) atoms. The van der Waals surface area contributed by atoms with Gasteiger partial charge in [-0.1, -0.05) is 12.1 Å². The Morgan fingerprint density at radius 3 is 2.70 bits per heavy atom. The molecule has 0 atom stereocenters. The third kappa shape index (κ3) is 3.39. The summed E-state index contributed by atoms with van der Waals surface area (Å²) in [4.78, 5) is 0. The van der Waals surface area contributed by atoms with Crippen LogP contribution in [0.25, 0.3) is 0 Å². The number of hydrogen-bond donors (Lipinski definition) is 1. The van der Waals surface area contributed by atoms with Gasteiger partial charge in [0.1, 0.15) is 12.4 Å². The summed E-state index contributed by atoms with van der Waals surface area (Å²) in [5.41, 5.74) is 8.01. The van der Waals surface area contributed by atoms with Crippen molar-refractivity contribution in [3.8, 4) is 5.75 Å². The number of nitrogens with zero attached hydrogens (tertiary/aromatic N) is 2. The number of aromatic nitrogens is 2. The second kappa shape index (κ2) is 6.09. The van der Waals surface area contributed by atoms with Gasteiger partial charge in [-0.3, -0.25) is 4.68 Å². The fraction of sp³-hybridized carbons (Fsp3) is 0.438. The monoisotopic (exact) mass is 271 g/mol. The first-order valence-electron chi connectivity index (χ1n) is 7.30. The fourth-order valence-electron chi connectivity index (χ4n) is 2.27. The van der Waals surface area contributed by atoms with E-state index in [1.54, 1.807) is 0 Å². The molecule has 1 aliphatic carbocycles. The summed E-state index contributed by atoms with van der Waals surface area (Å²) >= 11 is 0. The van der Waals surface area contributed by atoms with Crippen LogP contribution in [0.1, 0.15) is 30.0 Å². The van der Waals surface area contributed by atoms with Crippen LogP contribution in [0.15, 0.2) is 36.5 Å². The summed E-state index contributed by atoms with van der Waals surface area (Å²) in [7, 11) is 0. The van der Waals surface area contributed by atoms with Crippen molar-refractivity contribution in [3.05, 3.63) is 47.8 Å². The van der Waals surface area contributed by atoms with E-state index in [9.17, 15) is 0 Å². The van der Waals surface area contributed by atoms with Crippen LogP contribution >= 0.6 is 0 Å². The highest BCUT2D eigenvalue weighted by molar-refractivity contribution is 5.27. The SMILES string of the molecule is NCCc1ccc(OCCn2ccc(C3CC3)n2)cc1. The van der Waals surface area contributed by atoms with Crippen molar-refractivity contribution in [1.82, 2.24) is 9.78 Å². The zero-order valence-corrected chi connectivity index (χ0v) is 11.7. The maximum absolute atomic E-state index is 5.74. The highest BCUT2D eigenvalue weighted by Gasteiger charge is 2.25. The first-order chi connectivity index (χ1) is 9.85. The van der Waals surface area contributed by atoms with Crippen molar-refractivity contribution in [2.75, 3.05) is 13.2 Å². The summed E-state index contributed by atoms with van der Waals surface area (Å²) in [6.45, 7) is 2.11. The van der Waals surface area contributed by atoms with Gasteiger partial charge in [0.2, 0.25) is 0 Å². The molecule has 1 aromatic carbocycles. The first kappa shape index (κ1) is 13.2. The van der Waals surface area contributed by atoms with Crippen LogP contribution < -0.4 is 10.5 Å². The van der Waals surface area contributed by atoms with Crippen LogP contribution in [-0.4, -0.2) is 22.9 Å². The van der Waals surface area contributed by atoms with E-state index in [4.69, 9.17) is 10.5 Å². The molecule has 106 valence electrons. The molecule has 4 heteroatoms. The molecule has 0 unspecified atom stereocenters. The van der Waals surface area contributed by atoms with E-state index in [0.29, 0.717) is 19.1 Å². The molecule has 1 aromatic heterocycles. The zero-order valence-electron chi connectivity index (χ0n) is 11.7. The Kier molecular flexibility index (Phi) is 4.02. The van der Waals surface area contributed by atoms with Crippen molar-refractivity contribution < 1.29 is 4.74 Å². The summed E-state index contributed by atoms with van der Waals surface area (Å²) < 4.78 is 7.71. The molecule has 1 saturated carbocycles. The second-order valence-electron chi connectivity index (χ2n) is 5.31. The van der Waals surface area contributed by atoms with Gasteiger partial charge in [-0.25, -0.2) is 0 Å². The van der Waals surface area contributed by atoms with Crippen LogP contribution in [0, 0.1) is 0 Å². The third-order valence-electron chi connectivity index (χ3n) is 3.60. The Labute approximate surface area is 119 Å². The van der Waals surface area contributed by atoms with Crippen molar-refractivity contribution in [2.24, 2.45) is 5.73 Å². The van der Waals surface area contributed by atoms with Crippen LogP contribution in [0.4, 0.5) is 0 Å². The fourth-order valence-corrected chi connectivity index (χ4v) is 2.27.